The Balaban J connectivity index is 4.28. The van der Waals surface area contributed by atoms with Crippen molar-refractivity contribution in [2.45, 2.75) is 58.5 Å². The van der Waals surface area contributed by atoms with E-state index >= 15 is 0 Å². The molecular formula is C12H26N2O2. The van der Waals surface area contributed by atoms with E-state index in [-0.39, 0.29) is 5.60 Å². The van der Waals surface area contributed by atoms with Crippen molar-refractivity contribution >= 4 is 6.03 Å². The molecule has 4 nitrogen and oxygen atoms in total. The Kier molecular flexibility index (Phi) is 7.99. The van der Waals surface area contributed by atoms with Crippen molar-refractivity contribution in [3.8, 4) is 0 Å². The number of hydrogen-bond acceptors (Lipinski definition) is 2. The Labute approximate surface area is 98.9 Å². The van der Waals surface area contributed by atoms with Gasteiger partial charge in [-0.3, -0.25) is 0 Å². The number of hydrogen-bond donors (Lipinski definition) is 2. The summed E-state index contributed by atoms with van der Waals surface area (Å²) >= 11 is 0. The largest absolute Gasteiger partial charge is 0.375 e. The molecule has 0 radical (unpaired) electrons. The van der Waals surface area contributed by atoms with Crippen LogP contribution in [0.3, 0.4) is 0 Å². The van der Waals surface area contributed by atoms with Crippen molar-refractivity contribution in [1.29, 1.82) is 0 Å². The van der Waals surface area contributed by atoms with Crippen molar-refractivity contribution < 1.29 is 9.53 Å². The van der Waals surface area contributed by atoms with Gasteiger partial charge in [-0.05, 0) is 26.2 Å². The highest BCUT2D eigenvalue weighted by Gasteiger charge is 2.28. The van der Waals surface area contributed by atoms with Gasteiger partial charge in [-0.1, -0.05) is 26.7 Å². The molecule has 0 atom stereocenters. The predicted molar refractivity (Wildman–Crippen MR) is 66.4 cm³/mol. The molecule has 3 N–H and O–H groups in total. The van der Waals surface area contributed by atoms with Crippen LogP contribution in [0.15, 0.2) is 0 Å². The number of rotatable bonds is 9. The van der Waals surface area contributed by atoms with Crippen molar-refractivity contribution in [3.63, 3.8) is 0 Å². The van der Waals surface area contributed by atoms with Gasteiger partial charge in [0.25, 0.3) is 0 Å². The van der Waals surface area contributed by atoms with E-state index in [1.54, 1.807) is 0 Å². The van der Waals surface area contributed by atoms with E-state index < -0.39 is 6.03 Å². The standard InChI is InChI=1S/C12H26N2O2/c1-4-7-12(8-5-2,16-6-3)9-10-14-11(13)15/h4-10H2,1-3H3,(H3,13,14,15). The third-order valence-corrected chi connectivity index (χ3v) is 2.74. The molecule has 0 aliphatic carbocycles. The summed E-state index contributed by atoms with van der Waals surface area (Å²) in [6.07, 6.45) is 5.10. The van der Waals surface area contributed by atoms with Crippen LogP contribution in [-0.4, -0.2) is 24.8 Å². The molecule has 0 fully saturated rings. The van der Waals surface area contributed by atoms with Crippen LogP contribution in [0, 0.1) is 0 Å². The molecule has 0 aliphatic rings. The molecule has 0 aromatic carbocycles. The van der Waals surface area contributed by atoms with Crippen LogP contribution >= 0.6 is 0 Å². The first-order chi connectivity index (χ1) is 7.60. The molecule has 0 bridgehead atoms. The Morgan fingerprint density at radius 3 is 2.12 bits per heavy atom. The molecule has 0 unspecified atom stereocenters. The van der Waals surface area contributed by atoms with Crippen LogP contribution in [0.4, 0.5) is 4.79 Å². The third kappa shape index (κ3) is 5.95. The van der Waals surface area contributed by atoms with Gasteiger partial charge in [0.15, 0.2) is 0 Å². The van der Waals surface area contributed by atoms with Crippen LogP contribution in [0.25, 0.3) is 0 Å². The lowest BCUT2D eigenvalue weighted by molar-refractivity contribution is -0.0576. The normalized spacial score (nSPS) is 11.4. The smallest absolute Gasteiger partial charge is 0.312 e. The SMILES string of the molecule is CCCC(CCC)(CCNC(N)=O)OCC. The second-order valence-corrected chi connectivity index (χ2v) is 4.16. The summed E-state index contributed by atoms with van der Waals surface area (Å²) in [4.78, 5) is 10.6. The van der Waals surface area contributed by atoms with Gasteiger partial charge in [-0.2, -0.15) is 0 Å². The summed E-state index contributed by atoms with van der Waals surface area (Å²) < 4.78 is 5.90. The summed E-state index contributed by atoms with van der Waals surface area (Å²) in [6, 6.07) is -0.460. The van der Waals surface area contributed by atoms with Crippen molar-refractivity contribution in [2.75, 3.05) is 13.2 Å². The number of amides is 2. The number of primary amides is 1. The Morgan fingerprint density at radius 2 is 1.75 bits per heavy atom. The van der Waals surface area contributed by atoms with Gasteiger partial charge in [0.1, 0.15) is 0 Å². The topological polar surface area (TPSA) is 64.3 Å². The van der Waals surface area contributed by atoms with E-state index in [4.69, 9.17) is 10.5 Å². The molecule has 0 heterocycles. The van der Waals surface area contributed by atoms with Gasteiger partial charge in [0.2, 0.25) is 0 Å². The minimum absolute atomic E-state index is 0.0826. The molecule has 0 aliphatic heterocycles. The van der Waals surface area contributed by atoms with Crippen molar-refractivity contribution in [3.05, 3.63) is 0 Å². The molecule has 0 saturated carbocycles. The van der Waals surface area contributed by atoms with Gasteiger partial charge in [0, 0.05) is 13.2 Å². The number of carbonyl (C=O) groups is 1. The fourth-order valence-electron chi connectivity index (χ4n) is 2.22. The molecule has 0 rings (SSSR count). The molecule has 4 heteroatoms. The number of nitrogens with two attached hydrogens (primary N) is 1. The highest BCUT2D eigenvalue weighted by atomic mass is 16.5. The zero-order valence-corrected chi connectivity index (χ0v) is 10.8. The number of carbonyl (C=O) groups excluding carboxylic acids is 1. The van der Waals surface area contributed by atoms with Gasteiger partial charge in [-0.25, -0.2) is 4.79 Å². The summed E-state index contributed by atoms with van der Waals surface area (Å²) in [6.45, 7) is 7.64. The molecule has 96 valence electrons. The second kappa shape index (κ2) is 8.39. The van der Waals surface area contributed by atoms with E-state index in [0.717, 1.165) is 38.7 Å². The molecule has 0 saturated heterocycles. The van der Waals surface area contributed by atoms with Gasteiger partial charge in [0.05, 0.1) is 5.60 Å². The van der Waals surface area contributed by atoms with E-state index in [2.05, 4.69) is 19.2 Å². The first-order valence-electron chi connectivity index (χ1n) is 6.27. The Morgan fingerprint density at radius 1 is 1.19 bits per heavy atom. The minimum atomic E-state index is -0.460. The average molecular weight is 230 g/mol. The van der Waals surface area contributed by atoms with Gasteiger partial charge < -0.3 is 15.8 Å². The fourth-order valence-corrected chi connectivity index (χ4v) is 2.22. The first-order valence-corrected chi connectivity index (χ1v) is 6.27. The number of nitrogens with one attached hydrogen (secondary N) is 1. The maximum atomic E-state index is 10.6. The second-order valence-electron chi connectivity index (χ2n) is 4.16. The molecule has 2 amide bonds. The maximum absolute atomic E-state index is 10.6. The zero-order valence-electron chi connectivity index (χ0n) is 10.8. The van der Waals surface area contributed by atoms with Crippen LogP contribution in [-0.2, 0) is 4.74 Å². The summed E-state index contributed by atoms with van der Waals surface area (Å²) in [5.41, 5.74) is 4.97. The monoisotopic (exact) mass is 230 g/mol. The summed E-state index contributed by atoms with van der Waals surface area (Å²) in [7, 11) is 0. The molecule has 0 aromatic heterocycles. The van der Waals surface area contributed by atoms with Crippen molar-refractivity contribution in [2.24, 2.45) is 5.73 Å². The maximum Gasteiger partial charge on any atom is 0.312 e. The first kappa shape index (κ1) is 15.2. The molecule has 0 aromatic rings. The van der Waals surface area contributed by atoms with E-state index in [9.17, 15) is 4.79 Å². The predicted octanol–water partition coefficient (Wildman–Crippen LogP) is 2.42. The minimum Gasteiger partial charge on any atom is -0.375 e. The van der Waals surface area contributed by atoms with Crippen LogP contribution in [0.5, 0.6) is 0 Å². The Bertz CT molecular complexity index is 178. The molecular weight excluding hydrogens is 204 g/mol. The summed E-state index contributed by atoms with van der Waals surface area (Å²) in [5, 5.41) is 2.63. The third-order valence-electron chi connectivity index (χ3n) is 2.74. The fraction of sp³-hybridized carbons (Fsp3) is 0.917. The van der Waals surface area contributed by atoms with Crippen LogP contribution in [0.1, 0.15) is 52.9 Å². The number of urea groups is 1. The van der Waals surface area contributed by atoms with E-state index in [1.165, 1.54) is 0 Å². The van der Waals surface area contributed by atoms with Crippen LogP contribution < -0.4 is 11.1 Å². The lowest BCUT2D eigenvalue weighted by atomic mass is 9.89. The zero-order chi connectivity index (χ0) is 12.4. The van der Waals surface area contributed by atoms with E-state index in [0.29, 0.717) is 6.54 Å². The molecule has 0 spiro atoms. The Hall–Kier alpha value is -0.770. The summed E-state index contributed by atoms with van der Waals surface area (Å²) in [5.74, 6) is 0. The van der Waals surface area contributed by atoms with Gasteiger partial charge in [-0.15, -0.1) is 0 Å². The molecule has 16 heavy (non-hydrogen) atoms. The lowest BCUT2D eigenvalue weighted by Gasteiger charge is -2.33. The van der Waals surface area contributed by atoms with Gasteiger partial charge >= 0.3 is 6.03 Å². The highest BCUT2D eigenvalue weighted by molar-refractivity contribution is 5.71. The lowest BCUT2D eigenvalue weighted by Crippen LogP contribution is -2.39. The van der Waals surface area contributed by atoms with E-state index in [1.807, 2.05) is 6.92 Å². The van der Waals surface area contributed by atoms with Crippen molar-refractivity contribution in [1.82, 2.24) is 5.32 Å². The number of ether oxygens (including phenoxy) is 1. The average Bonchev–Trinajstić information content (AvgIpc) is 2.18. The quantitative estimate of drug-likeness (QED) is 0.639. The van der Waals surface area contributed by atoms with Crippen LogP contribution in [0.2, 0.25) is 0 Å². The highest BCUT2D eigenvalue weighted by Crippen LogP contribution is 2.27.